The van der Waals surface area contributed by atoms with Crippen molar-refractivity contribution < 1.29 is 9.53 Å². The molecule has 0 aliphatic carbocycles. The molecule has 1 aliphatic rings. The van der Waals surface area contributed by atoms with Crippen molar-refractivity contribution in [3.63, 3.8) is 0 Å². The number of para-hydroxylation sites is 1. The Labute approximate surface area is 176 Å². The molecule has 5 heteroatoms. The molecule has 0 radical (unpaired) electrons. The fourth-order valence-electron chi connectivity index (χ4n) is 3.57. The highest BCUT2D eigenvalue weighted by Crippen LogP contribution is 2.29. The lowest BCUT2D eigenvalue weighted by Gasteiger charge is -2.36. The monoisotopic (exact) mass is 406 g/mol. The number of ether oxygens (including phenoxy) is 1. The minimum atomic E-state index is 0.0126. The molecule has 0 atom stereocenters. The van der Waals surface area contributed by atoms with Crippen molar-refractivity contribution in [2.75, 3.05) is 37.7 Å². The van der Waals surface area contributed by atoms with E-state index in [9.17, 15) is 4.79 Å². The molecule has 148 valence electrons. The summed E-state index contributed by atoms with van der Waals surface area (Å²) in [6.07, 6.45) is 0. The van der Waals surface area contributed by atoms with Crippen LogP contribution in [-0.2, 0) is 4.79 Å². The number of benzene rings is 3. The third-order valence-corrected chi connectivity index (χ3v) is 5.36. The summed E-state index contributed by atoms with van der Waals surface area (Å²) >= 11 is 6.09. The van der Waals surface area contributed by atoms with Crippen LogP contribution < -0.4 is 9.64 Å². The van der Waals surface area contributed by atoms with Crippen LogP contribution in [0.25, 0.3) is 11.1 Å². The Morgan fingerprint density at radius 1 is 0.862 bits per heavy atom. The largest absolute Gasteiger partial charge is 0.483 e. The van der Waals surface area contributed by atoms with E-state index < -0.39 is 0 Å². The first-order valence-corrected chi connectivity index (χ1v) is 10.1. The van der Waals surface area contributed by atoms with Gasteiger partial charge in [-0.3, -0.25) is 4.79 Å². The maximum Gasteiger partial charge on any atom is 0.260 e. The third kappa shape index (κ3) is 4.72. The Morgan fingerprint density at radius 3 is 2.34 bits per heavy atom. The fourth-order valence-corrected chi connectivity index (χ4v) is 3.75. The first kappa shape index (κ1) is 19.3. The number of carbonyl (C=O) groups excluding carboxylic acids is 1. The van der Waals surface area contributed by atoms with Crippen LogP contribution in [0.15, 0.2) is 78.9 Å². The van der Waals surface area contributed by atoms with Gasteiger partial charge in [-0.15, -0.1) is 0 Å². The molecule has 4 nitrogen and oxygen atoms in total. The van der Waals surface area contributed by atoms with Crippen LogP contribution in [0.3, 0.4) is 0 Å². The summed E-state index contributed by atoms with van der Waals surface area (Å²) in [6.45, 7) is 2.96. The SMILES string of the molecule is O=C(COc1ccccc1-c1ccccc1)N1CCN(c2cccc(Cl)c2)CC1. The summed E-state index contributed by atoms with van der Waals surface area (Å²) in [6, 6.07) is 25.7. The minimum Gasteiger partial charge on any atom is -0.483 e. The Bertz CT molecular complexity index is 969. The average Bonchev–Trinajstić information content (AvgIpc) is 2.78. The second-order valence-corrected chi connectivity index (χ2v) is 7.44. The van der Waals surface area contributed by atoms with Crippen LogP contribution in [0.5, 0.6) is 5.75 Å². The number of hydrogen-bond acceptors (Lipinski definition) is 3. The first-order chi connectivity index (χ1) is 14.2. The van der Waals surface area contributed by atoms with Crippen LogP contribution in [0, 0.1) is 0 Å². The lowest BCUT2D eigenvalue weighted by atomic mass is 10.1. The molecule has 0 aromatic heterocycles. The van der Waals surface area contributed by atoms with Gasteiger partial charge in [-0.2, -0.15) is 0 Å². The summed E-state index contributed by atoms with van der Waals surface area (Å²) in [5, 5.41) is 0.728. The van der Waals surface area contributed by atoms with Crippen molar-refractivity contribution in [2.24, 2.45) is 0 Å². The number of carbonyl (C=O) groups is 1. The van der Waals surface area contributed by atoms with E-state index >= 15 is 0 Å². The molecule has 29 heavy (non-hydrogen) atoms. The zero-order valence-corrected chi connectivity index (χ0v) is 16.9. The van der Waals surface area contributed by atoms with Gasteiger partial charge in [-0.25, -0.2) is 0 Å². The third-order valence-electron chi connectivity index (χ3n) is 5.13. The molecule has 0 unspecified atom stereocenters. The van der Waals surface area contributed by atoms with Gasteiger partial charge in [0.15, 0.2) is 6.61 Å². The molecule has 1 heterocycles. The highest BCUT2D eigenvalue weighted by molar-refractivity contribution is 6.30. The molecule has 1 aliphatic heterocycles. The molecule has 1 amide bonds. The number of piperazine rings is 1. The predicted molar refractivity (Wildman–Crippen MR) is 118 cm³/mol. The van der Waals surface area contributed by atoms with Gasteiger partial charge in [0, 0.05) is 42.5 Å². The van der Waals surface area contributed by atoms with Gasteiger partial charge in [0.25, 0.3) is 5.91 Å². The number of amides is 1. The average molecular weight is 407 g/mol. The van der Waals surface area contributed by atoms with Crippen molar-refractivity contribution in [3.05, 3.63) is 83.9 Å². The van der Waals surface area contributed by atoms with E-state index in [1.807, 2.05) is 83.8 Å². The van der Waals surface area contributed by atoms with E-state index in [2.05, 4.69) is 4.90 Å². The second kappa shape index (κ2) is 9.01. The van der Waals surface area contributed by atoms with E-state index in [0.717, 1.165) is 40.7 Å². The number of nitrogens with zero attached hydrogens (tertiary/aromatic N) is 2. The molecule has 0 spiro atoms. The zero-order valence-electron chi connectivity index (χ0n) is 16.1. The van der Waals surface area contributed by atoms with Gasteiger partial charge < -0.3 is 14.5 Å². The van der Waals surface area contributed by atoms with Crippen LogP contribution in [0.4, 0.5) is 5.69 Å². The minimum absolute atomic E-state index is 0.0126. The summed E-state index contributed by atoms with van der Waals surface area (Å²) in [7, 11) is 0. The maximum atomic E-state index is 12.7. The van der Waals surface area contributed by atoms with E-state index in [-0.39, 0.29) is 12.5 Å². The molecule has 3 aromatic rings. The van der Waals surface area contributed by atoms with Gasteiger partial charge in [-0.1, -0.05) is 66.2 Å². The molecule has 3 aromatic carbocycles. The number of rotatable bonds is 5. The number of hydrogen-bond donors (Lipinski definition) is 0. The number of halogens is 1. The lowest BCUT2D eigenvalue weighted by molar-refractivity contribution is -0.133. The van der Waals surface area contributed by atoms with Gasteiger partial charge in [0.2, 0.25) is 0 Å². The summed E-state index contributed by atoms with van der Waals surface area (Å²) in [5.41, 5.74) is 3.16. The molecule has 0 saturated carbocycles. The van der Waals surface area contributed by atoms with E-state index in [1.165, 1.54) is 0 Å². The quantitative estimate of drug-likeness (QED) is 0.613. The fraction of sp³-hybridized carbons (Fsp3) is 0.208. The highest BCUT2D eigenvalue weighted by atomic mass is 35.5. The molecular formula is C24H23ClN2O2. The predicted octanol–water partition coefficient (Wildman–Crippen LogP) is 4.73. The van der Waals surface area contributed by atoms with Gasteiger partial charge in [0.1, 0.15) is 5.75 Å². The topological polar surface area (TPSA) is 32.8 Å². The van der Waals surface area contributed by atoms with Crippen molar-refractivity contribution in [2.45, 2.75) is 0 Å². The zero-order chi connectivity index (χ0) is 20.1. The van der Waals surface area contributed by atoms with Crippen LogP contribution >= 0.6 is 11.6 Å². The van der Waals surface area contributed by atoms with E-state index in [4.69, 9.17) is 16.3 Å². The van der Waals surface area contributed by atoms with Crippen LogP contribution in [-0.4, -0.2) is 43.6 Å². The van der Waals surface area contributed by atoms with E-state index in [1.54, 1.807) is 0 Å². The molecule has 1 saturated heterocycles. The van der Waals surface area contributed by atoms with Crippen molar-refractivity contribution >= 4 is 23.2 Å². The smallest absolute Gasteiger partial charge is 0.260 e. The summed E-state index contributed by atoms with van der Waals surface area (Å²) in [4.78, 5) is 16.8. The Balaban J connectivity index is 1.35. The Morgan fingerprint density at radius 2 is 1.59 bits per heavy atom. The molecule has 0 bridgehead atoms. The maximum absolute atomic E-state index is 12.7. The molecule has 4 rings (SSSR count). The van der Waals surface area contributed by atoms with Gasteiger partial charge in [-0.05, 0) is 29.8 Å². The normalized spacial score (nSPS) is 14.0. The Kier molecular flexibility index (Phi) is 6.01. The van der Waals surface area contributed by atoms with Crippen LogP contribution in [0.1, 0.15) is 0 Å². The molecule has 1 fully saturated rings. The summed E-state index contributed by atoms with van der Waals surface area (Å²) in [5.74, 6) is 0.739. The first-order valence-electron chi connectivity index (χ1n) is 9.76. The van der Waals surface area contributed by atoms with Crippen molar-refractivity contribution in [3.8, 4) is 16.9 Å². The second-order valence-electron chi connectivity index (χ2n) is 7.00. The van der Waals surface area contributed by atoms with Gasteiger partial charge in [0.05, 0.1) is 0 Å². The van der Waals surface area contributed by atoms with Crippen molar-refractivity contribution in [1.29, 1.82) is 0 Å². The van der Waals surface area contributed by atoms with Crippen LogP contribution in [0.2, 0.25) is 5.02 Å². The molecular weight excluding hydrogens is 384 g/mol. The summed E-state index contributed by atoms with van der Waals surface area (Å²) < 4.78 is 5.91. The lowest BCUT2D eigenvalue weighted by Crippen LogP contribution is -2.50. The number of anilines is 1. The van der Waals surface area contributed by atoms with E-state index in [0.29, 0.717) is 13.1 Å². The van der Waals surface area contributed by atoms with Crippen molar-refractivity contribution in [1.82, 2.24) is 4.90 Å². The standard InChI is InChI=1S/C24H23ClN2O2/c25-20-9-6-10-21(17-20)26-13-15-27(16-14-26)24(28)18-29-23-12-5-4-11-22(23)19-7-2-1-3-8-19/h1-12,17H,13-16,18H2. The Hall–Kier alpha value is -2.98. The van der Waals surface area contributed by atoms with Gasteiger partial charge >= 0.3 is 0 Å². The highest BCUT2D eigenvalue weighted by Gasteiger charge is 2.22. The molecule has 0 N–H and O–H groups in total.